The molecule has 28 heavy (non-hydrogen) atoms. The summed E-state index contributed by atoms with van der Waals surface area (Å²) in [5.41, 5.74) is 0.688. The van der Waals surface area contributed by atoms with Crippen LogP contribution in [0.2, 0.25) is 0 Å². The van der Waals surface area contributed by atoms with E-state index < -0.39 is 11.7 Å². The van der Waals surface area contributed by atoms with E-state index in [1.54, 1.807) is 18.1 Å². The van der Waals surface area contributed by atoms with Gasteiger partial charge in [-0.1, -0.05) is 30.3 Å². The van der Waals surface area contributed by atoms with Gasteiger partial charge in [0.05, 0.1) is 12.7 Å². The number of urea groups is 1. The number of halogens is 3. The maximum Gasteiger partial charge on any atom is 0.416 e. The first-order valence-electron chi connectivity index (χ1n) is 9.20. The minimum atomic E-state index is -4.39. The van der Waals surface area contributed by atoms with E-state index in [-0.39, 0.29) is 30.5 Å². The number of methoxy groups -OCH3 is 1. The predicted molar refractivity (Wildman–Crippen MR) is 100 cm³/mol. The third-order valence-electron chi connectivity index (χ3n) is 5.06. The number of hydrogen-bond acceptors (Lipinski definition) is 2. The molecule has 1 heterocycles. The van der Waals surface area contributed by atoms with E-state index in [0.29, 0.717) is 13.1 Å². The number of carbonyl (C=O) groups is 1. The largest absolute Gasteiger partial charge is 0.497 e. The van der Waals surface area contributed by atoms with Crippen LogP contribution in [0.25, 0.3) is 0 Å². The van der Waals surface area contributed by atoms with Crippen LogP contribution < -0.4 is 10.1 Å². The van der Waals surface area contributed by atoms with Gasteiger partial charge in [0, 0.05) is 25.6 Å². The monoisotopic (exact) mass is 392 g/mol. The summed E-state index contributed by atoms with van der Waals surface area (Å²) in [6.07, 6.45) is -3.39. The first-order chi connectivity index (χ1) is 13.4. The summed E-state index contributed by atoms with van der Waals surface area (Å²) in [5.74, 6) is 1.04. The van der Waals surface area contributed by atoms with Crippen molar-refractivity contribution in [3.63, 3.8) is 0 Å². The SMILES string of the molecule is COc1ccc(C2CCN(C(=O)NCCc3ccccc3C(F)(F)F)C2)cc1. The fraction of sp³-hybridized carbons (Fsp3) is 0.381. The molecule has 1 aliphatic heterocycles. The molecule has 1 saturated heterocycles. The zero-order valence-corrected chi connectivity index (χ0v) is 15.6. The van der Waals surface area contributed by atoms with Crippen molar-refractivity contribution in [3.05, 3.63) is 65.2 Å². The summed E-state index contributed by atoms with van der Waals surface area (Å²) in [7, 11) is 1.61. The molecule has 7 heteroatoms. The van der Waals surface area contributed by atoms with Gasteiger partial charge in [-0.3, -0.25) is 0 Å². The molecule has 1 unspecified atom stereocenters. The number of likely N-dealkylation sites (tertiary alicyclic amines) is 1. The Morgan fingerprint density at radius 1 is 1.18 bits per heavy atom. The van der Waals surface area contributed by atoms with Gasteiger partial charge in [0.2, 0.25) is 0 Å². The number of hydrogen-bond donors (Lipinski definition) is 1. The highest BCUT2D eigenvalue weighted by Gasteiger charge is 2.33. The van der Waals surface area contributed by atoms with E-state index in [4.69, 9.17) is 4.74 Å². The van der Waals surface area contributed by atoms with Crippen LogP contribution in [0.5, 0.6) is 5.75 Å². The van der Waals surface area contributed by atoms with Gasteiger partial charge < -0.3 is 15.0 Å². The number of nitrogens with zero attached hydrogens (tertiary/aromatic N) is 1. The van der Waals surface area contributed by atoms with Crippen molar-refractivity contribution in [1.82, 2.24) is 10.2 Å². The molecule has 1 atom stereocenters. The minimum absolute atomic E-state index is 0.136. The molecule has 0 saturated carbocycles. The quantitative estimate of drug-likeness (QED) is 0.817. The Balaban J connectivity index is 1.51. The molecule has 3 rings (SSSR count). The predicted octanol–water partition coefficient (Wildman–Crippen LogP) is 4.46. The van der Waals surface area contributed by atoms with Crippen LogP contribution in [-0.2, 0) is 12.6 Å². The Labute approximate surface area is 162 Å². The van der Waals surface area contributed by atoms with E-state index in [0.717, 1.165) is 23.8 Å². The lowest BCUT2D eigenvalue weighted by Gasteiger charge is -2.18. The third kappa shape index (κ3) is 4.77. The average Bonchev–Trinajstić information content (AvgIpc) is 3.18. The molecule has 0 aromatic heterocycles. The Morgan fingerprint density at radius 3 is 2.57 bits per heavy atom. The summed E-state index contributed by atoms with van der Waals surface area (Å²) in [4.78, 5) is 14.1. The van der Waals surface area contributed by atoms with E-state index in [9.17, 15) is 18.0 Å². The Morgan fingerprint density at radius 2 is 1.89 bits per heavy atom. The Kier molecular flexibility index (Phi) is 6.11. The fourth-order valence-corrected chi connectivity index (χ4v) is 3.52. The lowest BCUT2D eigenvalue weighted by molar-refractivity contribution is -0.138. The minimum Gasteiger partial charge on any atom is -0.497 e. The Bertz CT molecular complexity index is 806. The van der Waals surface area contributed by atoms with Gasteiger partial charge in [-0.25, -0.2) is 4.79 Å². The Hall–Kier alpha value is -2.70. The molecule has 1 fully saturated rings. The molecular weight excluding hydrogens is 369 g/mol. The molecule has 2 aromatic rings. The summed E-state index contributed by atoms with van der Waals surface area (Å²) < 4.78 is 44.2. The smallest absolute Gasteiger partial charge is 0.416 e. The zero-order chi connectivity index (χ0) is 20.1. The lowest BCUT2D eigenvalue weighted by Crippen LogP contribution is -2.39. The maximum absolute atomic E-state index is 13.0. The molecule has 150 valence electrons. The summed E-state index contributed by atoms with van der Waals surface area (Å²) in [6, 6.07) is 13.0. The van der Waals surface area contributed by atoms with Crippen LogP contribution in [0.4, 0.5) is 18.0 Å². The molecule has 1 aliphatic rings. The van der Waals surface area contributed by atoms with Gasteiger partial charge in [-0.05, 0) is 42.2 Å². The number of ether oxygens (including phenoxy) is 1. The molecule has 2 aromatic carbocycles. The van der Waals surface area contributed by atoms with Crippen molar-refractivity contribution in [2.45, 2.75) is 24.9 Å². The normalized spacial score (nSPS) is 16.9. The molecule has 0 radical (unpaired) electrons. The first kappa shape index (κ1) is 20.0. The van der Waals surface area contributed by atoms with Gasteiger partial charge >= 0.3 is 12.2 Å². The topological polar surface area (TPSA) is 41.6 Å². The highest BCUT2D eigenvalue weighted by molar-refractivity contribution is 5.74. The highest BCUT2D eigenvalue weighted by atomic mass is 19.4. The van der Waals surface area contributed by atoms with Gasteiger partial charge in [0.15, 0.2) is 0 Å². The van der Waals surface area contributed by atoms with Crippen molar-refractivity contribution >= 4 is 6.03 Å². The van der Waals surface area contributed by atoms with Crippen molar-refractivity contribution in [3.8, 4) is 5.75 Å². The number of carbonyl (C=O) groups excluding carboxylic acids is 1. The molecule has 4 nitrogen and oxygen atoms in total. The second kappa shape index (κ2) is 8.54. The highest BCUT2D eigenvalue weighted by Crippen LogP contribution is 2.32. The summed E-state index contributed by atoms with van der Waals surface area (Å²) >= 11 is 0. The van der Waals surface area contributed by atoms with Crippen molar-refractivity contribution in [1.29, 1.82) is 0 Å². The zero-order valence-electron chi connectivity index (χ0n) is 15.6. The van der Waals surface area contributed by atoms with Crippen LogP contribution in [-0.4, -0.2) is 37.7 Å². The van der Waals surface area contributed by atoms with Crippen molar-refractivity contribution in [2.75, 3.05) is 26.7 Å². The molecular formula is C21H23F3N2O2. The van der Waals surface area contributed by atoms with Crippen LogP contribution in [0.3, 0.4) is 0 Å². The second-order valence-electron chi connectivity index (χ2n) is 6.84. The molecule has 1 N–H and O–H groups in total. The number of rotatable bonds is 5. The van der Waals surface area contributed by atoms with Crippen molar-refractivity contribution in [2.24, 2.45) is 0 Å². The number of amides is 2. The van der Waals surface area contributed by atoms with Crippen LogP contribution in [0.15, 0.2) is 48.5 Å². The second-order valence-corrected chi connectivity index (χ2v) is 6.84. The standard InChI is InChI=1S/C21H23F3N2O2/c1-28-18-8-6-15(7-9-18)17-11-13-26(14-17)20(27)25-12-10-16-4-2-3-5-19(16)21(22,23)24/h2-9,17H,10-14H2,1H3,(H,25,27). The fourth-order valence-electron chi connectivity index (χ4n) is 3.52. The van der Waals surface area contributed by atoms with Gasteiger partial charge in [0.1, 0.15) is 5.75 Å². The first-order valence-corrected chi connectivity index (χ1v) is 9.20. The van der Waals surface area contributed by atoms with Crippen molar-refractivity contribution < 1.29 is 22.7 Å². The summed E-state index contributed by atoms with van der Waals surface area (Å²) in [5, 5.41) is 2.74. The average molecular weight is 392 g/mol. The van der Waals surface area contributed by atoms with Crippen LogP contribution in [0.1, 0.15) is 29.0 Å². The van der Waals surface area contributed by atoms with E-state index >= 15 is 0 Å². The lowest BCUT2D eigenvalue weighted by atomic mass is 9.98. The van der Waals surface area contributed by atoms with E-state index in [1.807, 2.05) is 24.3 Å². The molecule has 2 amide bonds. The van der Waals surface area contributed by atoms with E-state index in [2.05, 4.69) is 5.32 Å². The van der Waals surface area contributed by atoms with Crippen LogP contribution in [0, 0.1) is 0 Å². The number of benzene rings is 2. The summed E-state index contributed by atoms with van der Waals surface area (Å²) in [6.45, 7) is 1.38. The maximum atomic E-state index is 13.0. The van der Waals surface area contributed by atoms with E-state index in [1.165, 1.54) is 12.1 Å². The van der Waals surface area contributed by atoms with Gasteiger partial charge in [0.25, 0.3) is 0 Å². The molecule has 0 aliphatic carbocycles. The van der Waals surface area contributed by atoms with Gasteiger partial charge in [-0.2, -0.15) is 13.2 Å². The van der Waals surface area contributed by atoms with Crippen LogP contribution >= 0.6 is 0 Å². The number of nitrogens with one attached hydrogen (secondary N) is 1. The molecule has 0 spiro atoms. The third-order valence-corrected chi connectivity index (χ3v) is 5.06. The number of alkyl halides is 3. The molecule has 0 bridgehead atoms. The van der Waals surface area contributed by atoms with Gasteiger partial charge in [-0.15, -0.1) is 0 Å².